The van der Waals surface area contributed by atoms with Gasteiger partial charge in [-0.25, -0.2) is 4.98 Å². The predicted molar refractivity (Wildman–Crippen MR) is 77.5 cm³/mol. The summed E-state index contributed by atoms with van der Waals surface area (Å²) in [6.45, 7) is 6.55. The van der Waals surface area contributed by atoms with Gasteiger partial charge in [0.1, 0.15) is 4.88 Å². The van der Waals surface area contributed by atoms with Crippen LogP contribution in [0.25, 0.3) is 0 Å². The van der Waals surface area contributed by atoms with Gasteiger partial charge in [-0.15, -0.1) is 11.3 Å². The SMILES string of the molecule is CC#CC(=O)NC1CCN(C(=O)c2sc(C)nc2C)C1. The Balaban J connectivity index is 1.98. The first kappa shape index (κ1) is 14.5. The Bertz CT molecular complexity index is 597. The molecule has 6 heteroatoms. The van der Waals surface area contributed by atoms with Crippen LogP contribution < -0.4 is 5.32 Å². The molecule has 1 aliphatic rings. The Morgan fingerprint density at radius 1 is 1.45 bits per heavy atom. The fourth-order valence-corrected chi connectivity index (χ4v) is 3.16. The molecule has 0 aromatic carbocycles. The molecule has 0 spiro atoms. The van der Waals surface area contributed by atoms with Crippen molar-refractivity contribution >= 4 is 23.2 Å². The van der Waals surface area contributed by atoms with Crippen molar-refractivity contribution in [2.24, 2.45) is 0 Å². The standard InChI is InChI=1S/C14H17N3O2S/c1-4-5-12(18)16-11-6-7-17(8-11)14(19)13-9(2)15-10(3)20-13/h11H,6-8H2,1-3H3,(H,16,18). The number of aromatic nitrogens is 1. The monoisotopic (exact) mass is 291 g/mol. The van der Waals surface area contributed by atoms with E-state index >= 15 is 0 Å². The maximum absolute atomic E-state index is 12.4. The second-order valence-electron chi connectivity index (χ2n) is 4.73. The summed E-state index contributed by atoms with van der Waals surface area (Å²) in [5, 5.41) is 3.71. The van der Waals surface area contributed by atoms with Crippen molar-refractivity contribution < 1.29 is 9.59 Å². The summed E-state index contributed by atoms with van der Waals surface area (Å²) >= 11 is 1.42. The summed E-state index contributed by atoms with van der Waals surface area (Å²) in [5.41, 5.74) is 0.779. The van der Waals surface area contributed by atoms with Gasteiger partial charge in [0.15, 0.2) is 0 Å². The van der Waals surface area contributed by atoms with Crippen LogP contribution in [-0.2, 0) is 4.79 Å². The van der Waals surface area contributed by atoms with Crippen LogP contribution in [0.5, 0.6) is 0 Å². The Morgan fingerprint density at radius 2 is 2.20 bits per heavy atom. The quantitative estimate of drug-likeness (QED) is 0.830. The molecule has 2 heterocycles. The molecule has 0 aliphatic carbocycles. The number of likely N-dealkylation sites (tertiary alicyclic amines) is 1. The Hall–Kier alpha value is -1.87. The molecule has 5 nitrogen and oxygen atoms in total. The molecule has 1 unspecified atom stereocenters. The lowest BCUT2D eigenvalue weighted by Gasteiger charge is -2.15. The van der Waals surface area contributed by atoms with Crippen molar-refractivity contribution in [1.82, 2.24) is 15.2 Å². The van der Waals surface area contributed by atoms with E-state index in [1.807, 2.05) is 13.8 Å². The molecule has 0 radical (unpaired) electrons. The second-order valence-corrected chi connectivity index (χ2v) is 5.94. The number of hydrogen-bond donors (Lipinski definition) is 1. The number of hydrogen-bond acceptors (Lipinski definition) is 4. The molecule has 2 amide bonds. The van der Waals surface area contributed by atoms with E-state index in [0.717, 1.165) is 17.1 Å². The number of nitrogens with zero attached hydrogens (tertiary/aromatic N) is 2. The third-order valence-corrected chi connectivity index (χ3v) is 4.21. The van der Waals surface area contributed by atoms with Crippen LogP contribution in [0.1, 0.15) is 33.7 Å². The minimum atomic E-state index is -0.281. The molecule has 0 saturated carbocycles. The van der Waals surface area contributed by atoms with Gasteiger partial charge in [-0.05, 0) is 33.1 Å². The van der Waals surface area contributed by atoms with E-state index in [2.05, 4.69) is 22.1 Å². The normalized spacial score (nSPS) is 17.6. The number of amides is 2. The number of aryl methyl sites for hydroxylation is 2. The average Bonchev–Trinajstić information content (AvgIpc) is 2.95. The van der Waals surface area contributed by atoms with E-state index in [1.54, 1.807) is 11.8 Å². The van der Waals surface area contributed by atoms with E-state index in [1.165, 1.54) is 11.3 Å². The first-order chi connectivity index (χ1) is 9.51. The van der Waals surface area contributed by atoms with Gasteiger partial charge in [0, 0.05) is 19.1 Å². The maximum Gasteiger partial charge on any atom is 0.296 e. The number of nitrogens with one attached hydrogen (secondary N) is 1. The van der Waals surface area contributed by atoms with Gasteiger partial charge in [0.05, 0.1) is 10.7 Å². The molecular formula is C14H17N3O2S. The Labute approximate surface area is 122 Å². The van der Waals surface area contributed by atoms with Crippen molar-refractivity contribution in [3.63, 3.8) is 0 Å². The minimum absolute atomic E-state index is 0.00595. The van der Waals surface area contributed by atoms with Crippen molar-refractivity contribution in [3.05, 3.63) is 15.6 Å². The first-order valence-electron chi connectivity index (χ1n) is 6.47. The molecule has 106 valence electrons. The number of rotatable bonds is 2. The Kier molecular flexibility index (Phi) is 4.40. The topological polar surface area (TPSA) is 62.3 Å². The molecule has 0 bridgehead atoms. The van der Waals surface area contributed by atoms with Crippen LogP contribution in [0.2, 0.25) is 0 Å². The summed E-state index contributed by atoms with van der Waals surface area (Å²) < 4.78 is 0. The minimum Gasteiger partial charge on any atom is -0.341 e. The Morgan fingerprint density at radius 3 is 2.80 bits per heavy atom. The highest BCUT2D eigenvalue weighted by Gasteiger charge is 2.29. The highest BCUT2D eigenvalue weighted by atomic mass is 32.1. The van der Waals surface area contributed by atoms with Gasteiger partial charge < -0.3 is 10.2 Å². The molecule has 1 atom stereocenters. The predicted octanol–water partition coefficient (Wildman–Crippen LogP) is 1.11. The second kappa shape index (κ2) is 6.06. The van der Waals surface area contributed by atoms with Crippen LogP contribution >= 0.6 is 11.3 Å². The maximum atomic E-state index is 12.4. The lowest BCUT2D eigenvalue weighted by Crippen LogP contribution is -2.37. The average molecular weight is 291 g/mol. The number of thiazole rings is 1. The zero-order valence-corrected chi connectivity index (χ0v) is 12.6. The van der Waals surface area contributed by atoms with E-state index in [9.17, 15) is 9.59 Å². The first-order valence-corrected chi connectivity index (χ1v) is 7.29. The van der Waals surface area contributed by atoms with Crippen LogP contribution in [0.3, 0.4) is 0 Å². The third-order valence-electron chi connectivity index (χ3n) is 3.15. The molecule has 20 heavy (non-hydrogen) atoms. The number of carbonyl (C=O) groups is 2. The summed E-state index contributed by atoms with van der Waals surface area (Å²) in [6.07, 6.45) is 0.764. The third kappa shape index (κ3) is 3.17. The molecule has 1 aromatic rings. The smallest absolute Gasteiger partial charge is 0.296 e. The van der Waals surface area contributed by atoms with E-state index in [-0.39, 0.29) is 17.9 Å². The van der Waals surface area contributed by atoms with Gasteiger partial charge in [0.25, 0.3) is 11.8 Å². The molecule has 1 aliphatic heterocycles. The van der Waals surface area contributed by atoms with Crippen LogP contribution in [0, 0.1) is 25.7 Å². The zero-order valence-electron chi connectivity index (χ0n) is 11.8. The van der Waals surface area contributed by atoms with Crippen LogP contribution in [0.15, 0.2) is 0 Å². The van der Waals surface area contributed by atoms with E-state index in [0.29, 0.717) is 18.0 Å². The van der Waals surface area contributed by atoms with Crippen LogP contribution in [-0.4, -0.2) is 40.8 Å². The highest BCUT2D eigenvalue weighted by molar-refractivity contribution is 7.13. The van der Waals surface area contributed by atoms with Gasteiger partial charge in [-0.3, -0.25) is 9.59 Å². The largest absolute Gasteiger partial charge is 0.341 e. The van der Waals surface area contributed by atoms with E-state index in [4.69, 9.17) is 0 Å². The fraction of sp³-hybridized carbons (Fsp3) is 0.500. The van der Waals surface area contributed by atoms with Crippen molar-refractivity contribution in [3.8, 4) is 11.8 Å². The summed E-state index contributed by atoms with van der Waals surface area (Å²) in [5.74, 6) is 4.74. The molecule has 1 N–H and O–H groups in total. The fourth-order valence-electron chi connectivity index (χ4n) is 2.27. The number of carbonyl (C=O) groups excluding carboxylic acids is 2. The molecule has 1 aromatic heterocycles. The van der Waals surface area contributed by atoms with Gasteiger partial charge in [-0.1, -0.05) is 5.92 Å². The lowest BCUT2D eigenvalue weighted by atomic mass is 10.2. The van der Waals surface area contributed by atoms with Crippen LogP contribution in [0.4, 0.5) is 0 Å². The van der Waals surface area contributed by atoms with E-state index < -0.39 is 0 Å². The van der Waals surface area contributed by atoms with Gasteiger partial charge >= 0.3 is 0 Å². The zero-order chi connectivity index (χ0) is 14.7. The molecular weight excluding hydrogens is 274 g/mol. The van der Waals surface area contributed by atoms with Crippen molar-refractivity contribution in [2.75, 3.05) is 13.1 Å². The van der Waals surface area contributed by atoms with Crippen molar-refractivity contribution in [1.29, 1.82) is 0 Å². The molecule has 1 fully saturated rings. The van der Waals surface area contributed by atoms with Crippen molar-refractivity contribution in [2.45, 2.75) is 33.2 Å². The molecule has 1 saturated heterocycles. The lowest BCUT2D eigenvalue weighted by molar-refractivity contribution is -0.116. The van der Waals surface area contributed by atoms with Gasteiger partial charge in [0.2, 0.25) is 0 Å². The summed E-state index contributed by atoms with van der Waals surface area (Å²) in [4.78, 5) is 30.5. The highest BCUT2D eigenvalue weighted by Crippen LogP contribution is 2.21. The summed E-state index contributed by atoms with van der Waals surface area (Å²) in [7, 11) is 0. The molecule has 2 rings (SSSR count). The van der Waals surface area contributed by atoms with Gasteiger partial charge in [-0.2, -0.15) is 0 Å². The summed E-state index contributed by atoms with van der Waals surface area (Å²) in [6, 6.07) is -0.0124.